The molecule has 1 atom stereocenters. The number of ether oxygens (including phenoxy) is 2. The highest BCUT2D eigenvalue weighted by Gasteiger charge is 2.34. The molecule has 0 aliphatic heterocycles. The first-order valence-corrected chi connectivity index (χ1v) is 15.6. The molecule has 0 saturated carbocycles. The van der Waals surface area contributed by atoms with Gasteiger partial charge in [-0.15, -0.1) is 0 Å². The van der Waals surface area contributed by atoms with Gasteiger partial charge in [-0.3, -0.25) is 13.9 Å². The molecule has 0 spiro atoms. The number of nitrogens with zero attached hydrogens (tertiary/aromatic N) is 2. The lowest BCUT2D eigenvalue weighted by molar-refractivity contribution is -0.140. The Morgan fingerprint density at radius 3 is 2.14 bits per heavy atom. The lowest BCUT2D eigenvalue weighted by Crippen LogP contribution is -2.53. The van der Waals surface area contributed by atoms with Crippen LogP contribution in [0.5, 0.6) is 11.5 Å². The SMILES string of the molecule is COc1ccc(OC)c(N(CC(=O)N(Cc2ccc(C)cc2)C(Cc2ccccc2)C(=O)NCC(C)C)S(C)(=O)=O)c1. The Kier molecular flexibility index (Phi) is 11.4. The number of carbonyl (C=O) groups is 2. The number of hydrogen-bond acceptors (Lipinski definition) is 6. The molecule has 3 aromatic rings. The summed E-state index contributed by atoms with van der Waals surface area (Å²) < 4.78 is 38.0. The maximum atomic E-state index is 14.2. The third-order valence-corrected chi connectivity index (χ3v) is 7.89. The second kappa shape index (κ2) is 14.7. The molecule has 0 aliphatic carbocycles. The lowest BCUT2D eigenvalue weighted by Gasteiger charge is -2.34. The molecule has 42 heavy (non-hydrogen) atoms. The molecule has 0 radical (unpaired) electrons. The highest BCUT2D eigenvalue weighted by Crippen LogP contribution is 2.34. The zero-order valence-electron chi connectivity index (χ0n) is 25.2. The van der Waals surface area contributed by atoms with Crippen molar-refractivity contribution in [1.82, 2.24) is 10.2 Å². The zero-order chi connectivity index (χ0) is 30.9. The fourth-order valence-electron chi connectivity index (χ4n) is 4.45. The van der Waals surface area contributed by atoms with Crippen molar-refractivity contribution < 1.29 is 27.5 Å². The van der Waals surface area contributed by atoms with Crippen molar-refractivity contribution in [1.29, 1.82) is 0 Å². The summed E-state index contributed by atoms with van der Waals surface area (Å²) in [5.74, 6) is 0.0197. The number of hydrogen-bond donors (Lipinski definition) is 1. The molecule has 0 aliphatic rings. The van der Waals surface area contributed by atoms with Gasteiger partial charge in [0, 0.05) is 25.6 Å². The van der Waals surface area contributed by atoms with Crippen LogP contribution in [-0.4, -0.2) is 64.7 Å². The number of amides is 2. The Hall–Kier alpha value is -4.05. The monoisotopic (exact) mass is 595 g/mol. The van der Waals surface area contributed by atoms with Gasteiger partial charge in [-0.25, -0.2) is 8.42 Å². The molecule has 2 amide bonds. The summed E-state index contributed by atoms with van der Waals surface area (Å²) in [4.78, 5) is 29.4. The van der Waals surface area contributed by atoms with Crippen LogP contribution in [0.1, 0.15) is 30.5 Å². The quantitative estimate of drug-likeness (QED) is 0.300. The van der Waals surface area contributed by atoms with Gasteiger partial charge >= 0.3 is 0 Å². The number of benzene rings is 3. The number of anilines is 1. The summed E-state index contributed by atoms with van der Waals surface area (Å²) >= 11 is 0. The third kappa shape index (κ3) is 8.97. The molecule has 3 aromatic carbocycles. The van der Waals surface area contributed by atoms with Gasteiger partial charge in [0.15, 0.2) is 0 Å². The molecular weight excluding hydrogens is 554 g/mol. The van der Waals surface area contributed by atoms with E-state index in [1.807, 2.05) is 75.4 Å². The van der Waals surface area contributed by atoms with Crippen LogP contribution < -0.4 is 19.1 Å². The molecule has 0 heterocycles. The van der Waals surface area contributed by atoms with Gasteiger partial charge in [-0.05, 0) is 36.1 Å². The van der Waals surface area contributed by atoms with Gasteiger partial charge in [-0.2, -0.15) is 0 Å². The number of sulfonamides is 1. The average molecular weight is 596 g/mol. The average Bonchev–Trinajstić information content (AvgIpc) is 2.96. The molecule has 0 saturated heterocycles. The molecule has 10 heteroatoms. The molecule has 0 fully saturated rings. The fraction of sp³-hybridized carbons (Fsp3) is 0.375. The molecule has 226 valence electrons. The second-order valence-electron chi connectivity index (χ2n) is 10.7. The molecule has 1 N–H and O–H groups in total. The number of rotatable bonds is 14. The third-order valence-electron chi connectivity index (χ3n) is 6.76. The maximum Gasteiger partial charge on any atom is 0.244 e. The van der Waals surface area contributed by atoms with Crippen molar-refractivity contribution in [3.8, 4) is 11.5 Å². The second-order valence-corrected chi connectivity index (χ2v) is 12.6. The number of carbonyl (C=O) groups excluding carboxylic acids is 2. The summed E-state index contributed by atoms with van der Waals surface area (Å²) in [6.45, 7) is 5.96. The van der Waals surface area contributed by atoms with E-state index in [1.54, 1.807) is 12.1 Å². The summed E-state index contributed by atoms with van der Waals surface area (Å²) in [6.07, 6.45) is 1.28. The largest absolute Gasteiger partial charge is 0.497 e. The first-order valence-electron chi connectivity index (χ1n) is 13.8. The van der Waals surface area contributed by atoms with Crippen LogP contribution in [0, 0.1) is 12.8 Å². The minimum atomic E-state index is -3.96. The van der Waals surface area contributed by atoms with Crippen LogP contribution >= 0.6 is 0 Å². The topological polar surface area (TPSA) is 105 Å². The molecule has 0 aromatic heterocycles. The molecule has 1 unspecified atom stereocenters. The van der Waals surface area contributed by atoms with E-state index >= 15 is 0 Å². The predicted octanol–water partition coefficient (Wildman–Crippen LogP) is 4.19. The highest BCUT2D eigenvalue weighted by molar-refractivity contribution is 7.92. The fourth-order valence-corrected chi connectivity index (χ4v) is 5.30. The minimum Gasteiger partial charge on any atom is -0.497 e. The summed E-state index contributed by atoms with van der Waals surface area (Å²) in [7, 11) is -1.07. The minimum absolute atomic E-state index is 0.110. The first kappa shape index (κ1) is 32.5. The Bertz CT molecular complexity index is 1440. The molecular formula is C32H41N3O6S. The van der Waals surface area contributed by atoms with Crippen molar-refractivity contribution in [2.24, 2.45) is 5.92 Å². The number of aryl methyl sites for hydroxylation is 1. The first-order chi connectivity index (χ1) is 19.9. The lowest BCUT2D eigenvalue weighted by atomic mass is 10.0. The van der Waals surface area contributed by atoms with E-state index in [2.05, 4.69) is 5.32 Å². The van der Waals surface area contributed by atoms with Crippen molar-refractivity contribution in [3.05, 3.63) is 89.5 Å². The zero-order valence-corrected chi connectivity index (χ0v) is 26.0. The van der Waals surface area contributed by atoms with E-state index in [-0.39, 0.29) is 36.2 Å². The smallest absolute Gasteiger partial charge is 0.244 e. The summed E-state index contributed by atoms with van der Waals surface area (Å²) in [6, 6.07) is 21.0. The van der Waals surface area contributed by atoms with E-state index in [4.69, 9.17) is 9.47 Å². The van der Waals surface area contributed by atoms with Crippen LogP contribution in [0.25, 0.3) is 0 Å². The highest BCUT2D eigenvalue weighted by atomic mass is 32.2. The van der Waals surface area contributed by atoms with E-state index in [0.29, 0.717) is 12.3 Å². The van der Waals surface area contributed by atoms with Gasteiger partial charge in [0.05, 0.1) is 26.2 Å². The summed E-state index contributed by atoms with van der Waals surface area (Å²) in [5, 5.41) is 2.98. The van der Waals surface area contributed by atoms with Gasteiger partial charge in [0.1, 0.15) is 24.1 Å². The van der Waals surface area contributed by atoms with Crippen LogP contribution in [0.15, 0.2) is 72.8 Å². The van der Waals surface area contributed by atoms with Gasteiger partial charge in [-0.1, -0.05) is 74.0 Å². The maximum absolute atomic E-state index is 14.2. The Labute approximate surface area is 249 Å². The Morgan fingerprint density at radius 1 is 0.905 bits per heavy atom. The van der Waals surface area contributed by atoms with E-state index < -0.39 is 28.5 Å². The van der Waals surface area contributed by atoms with Crippen molar-refractivity contribution >= 4 is 27.5 Å². The van der Waals surface area contributed by atoms with Crippen LogP contribution in [0.3, 0.4) is 0 Å². The van der Waals surface area contributed by atoms with Gasteiger partial charge in [0.25, 0.3) is 0 Å². The Balaban J connectivity index is 2.09. The number of nitrogens with one attached hydrogen (secondary N) is 1. The van der Waals surface area contributed by atoms with E-state index in [0.717, 1.165) is 27.3 Å². The van der Waals surface area contributed by atoms with Crippen molar-refractivity contribution in [2.45, 2.75) is 39.8 Å². The predicted molar refractivity (Wildman–Crippen MR) is 165 cm³/mol. The van der Waals surface area contributed by atoms with E-state index in [9.17, 15) is 18.0 Å². The molecule has 0 bridgehead atoms. The molecule has 3 rings (SSSR count). The Morgan fingerprint density at radius 2 is 1.57 bits per heavy atom. The standard InChI is InChI=1S/C32H41N3O6S/c1-23(2)20-33-32(37)29(18-25-10-8-7-9-11-25)34(21-26-14-12-24(3)13-15-26)31(36)22-35(42(6,38)39)28-19-27(40-4)16-17-30(28)41-5/h7-17,19,23,29H,18,20-22H2,1-6H3,(H,33,37). The van der Waals surface area contributed by atoms with E-state index in [1.165, 1.54) is 25.2 Å². The normalized spacial score (nSPS) is 12.0. The van der Waals surface area contributed by atoms with Gasteiger partial charge in [0.2, 0.25) is 21.8 Å². The molecule has 9 nitrogen and oxygen atoms in total. The van der Waals surface area contributed by atoms with Crippen molar-refractivity contribution in [2.75, 3.05) is 37.9 Å². The van der Waals surface area contributed by atoms with Gasteiger partial charge < -0.3 is 19.7 Å². The van der Waals surface area contributed by atoms with Crippen LogP contribution in [-0.2, 0) is 32.6 Å². The number of methoxy groups -OCH3 is 2. The van der Waals surface area contributed by atoms with Crippen molar-refractivity contribution in [3.63, 3.8) is 0 Å². The summed E-state index contributed by atoms with van der Waals surface area (Å²) in [5.41, 5.74) is 2.90. The van der Waals surface area contributed by atoms with Crippen LogP contribution in [0.4, 0.5) is 5.69 Å². The van der Waals surface area contributed by atoms with Crippen LogP contribution in [0.2, 0.25) is 0 Å².